The number of nitrogens with one attached hydrogen (secondary N) is 1. The fraction of sp³-hybridized carbons (Fsp3) is 0.625. The predicted octanol–water partition coefficient (Wildman–Crippen LogP) is 4.24. The molecule has 0 bridgehead atoms. The van der Waals surface area contributed by atoms with Crippen LogP contribution in [-0.4, -0.2) is 12.6 Å². The standard InChI is InChI=1S/C16H26FN/c1-4-6-7-8-16(18-5-2)12-14-9-10-15(17)11-13(14)3/h9-11,16,18H,4-8,12H2,1-3H3. The van der Waals surface area contributed by atoms with Crippen LogP contribution in [0.3, 0.4) is 0 Å². The third-order valence-electron chi connectivity index (χ3n) is 3.42. The van der Waals surface area contributed by atoms with Gasteiger partial charge in [0, 0.05) is 6.04 Å². The van der Waals surface area contributed by atoms with Crippen LogP contribution in [0.5, 0.6) is 0 Å². The lowest BCUT2D eigenvalue weighted by molar-refractivity contribution is 0.466. The molecule has 0 spiro atoms. The minimum Gasteiger partial charge on any atom is -0.314 e. The maximum atomic E-state index is 13.1. The Labute approximate surface area is 111 Å². The van der Waals surface area contributed by atoms with Crippen LogP contribution in [0.4, 0.5) is 4.39 Å². The lowest BCUT2D eigenvalue weighted by Crippen LogP contribution is -2.31. The minimum atomic E-state index is -0.137. The van der Waals surface area contributed by atoms with Crippen LogP contribution in [0.15, 0.2) is 18.2 Å². The number of likely N-dealkylation sites (N-methyl/N-ethyl adjacent to an activating group) is 1. The Hall–Kier alpha value is -0.890. The molecule has 1 rings (SSSR count). The lowest BCUT2D eigenvalue weighted by atomic mass is 9.97. The second kappa shape index (κ2) is 8.25. The Bertz CT molecular complexity index is 349. The molecule has 0 saturated heterocycles. The Kier molecular flexibility index (Phi) is 6.96. The third kappa shape index (κ3) is 5.18. The number of rotatable bonds is 8. The molecular weight excluding hydrogens is 225 g/mol. The van der Waals surface area contributed by atoms with Gasteiger partial charge in [0.2, 0.25) is 0 Å². The third-order valence-corrected chi connectivity index (χ3v) is 3.42. The molecule has 2 heteroatoms. The van der Waals surface area contributed by atoms with E-state index in [1.54, 1.807) is 12.1 Å². The van der Waals surface area contributed by atoms with Gasteiger partial charge in [-0.05, 0) is 49.6 Å². The predicted molar refractivity (Wildman–Crippen MR) is 76.4 cm³/mol. The molecule has 0 aliphatic carbocycles. The van der Waals surface area contributed by atoms with Crippen LogP contribution in [0.1, 0.15) is 50.7 Å². The van der Waals surface area contributed by atoms with E-state index in [1.165, 1.54) is 31.2 Å². The summed E-state index contributed by atoms with van der Waals surface area (Å²) in [6.45, 7) is 7.36. The van der Waals surface area contributed by atoms with Crippen molar-refractivity contribution in [1.29, 1.82) is 0 Å². The average Bonchev–Trinajstić information content (AvgIpc) is 2.33. The molecular formula is C16H26FN. The van der Waals surface area contributed by atoms with E-state index in [2.05, 4.69) is 19.2 Å². The van der Waals surface area contributed by atoms with Crippen molar-refractivity contribution < 1.29 is 4.39 Å². The first-order chi connectivity index (χ1) is 8.67. The van der Waals surface area contributed by atoms with Gasteiger partial charge in [-0.25, -0.2) is 4.39 Å². The van der Waals surface area contributed by atoms with Crippen LogP contribution in [0.2, 0.25) is 0 Å². The van der Waals surface area contributed by atoms with Gasteiger partial charge in [-0.15, -0.1) is 0 Å². The van der Waals surface area contributed by atoms with Gasteiger partial charge in [-0.3, -0.25) is 0 Å². The molecule has 102 valence electrons. The molecule has 1 nitrogen and oxygen atoms in total. The summed E-state index contributed by atoms with van der Waals surface area (Å²) in [5.41, 5.74) is 2.33. The van der Waals surface area contributed by atoms with Crippen LogP contribution in [0.25, 0.3) is 0 Å². The molecule has 18 heavy (non-hydrogen) atoms. The van der Waals surface area contributed by atoms with E-state index < -0.39 is 0 Å². The highest BCUT2D eigenvalue weighted by atomic mass is 19.1. The van der Waals surface area contributed by atoms with Gasteiger partial charge >= 0.3 is 0 Å². The van der Waals surface area contributed by atoms with Crippen molar-refractivity contribution >= 4 is 0 Å². The number of hydrogen-bond donors (Lipinski definition) is 1. The number of unbranched alkanes of at least 4 members (excludes halogenated alkanes) is 2. The highest BCUT2D eigenvalue weighted by molar-refractivity contribution is 5.27. The van der Waals surface area contributed by atoms with Gasteiger partial charge in [-0.1, -0.05) is 39.2 Å². The van der Waals surface area contributed by atoms with Gasteiger partial charge in [-0.2, -0.15) is 0 Å². The smallest absolute Gasteiger partial charge is 0.123 e. The first kappa shape index (κ1) is 15.2. The fourth-order valence-electron chi connectivity index (χ4n) is 2.36. The summed E-state index contributed by atoms with van der Waals surface area (Å²) >= 11 is 0. The molecule has 0 aliphatic rings. The summed E-state index contributed by atoms with van der Waals surface area (Å²) in [4.78, 5) is 0. The number of aryl methyl sites for hydroxylation is 1. The highest BCUT2D eigenvalue weighted by Crippen LogP contribution is 2.15. The zero-order valence-corrected chi connectivity index (χ0v) is 11.9. The lowest BCUT2D eigenvalue weighted by Gasteiger charge is -2.19. The first-order valence-electron chi connectivity index (χ1n) is 7.15. The summed E-state index contributed by atoms with van der Waals surface area (Å²) in [5.74, 6) is -0.137. The van der Waals surface area contributed by atoms with Crippen LogP contribution in [0, 0.1) is 12.7 Å². The molecule has 1 aromatic carbocycles. The summed E-state index contributed by atoms with van der Waals surface area (Å²) in [5, 5.41) is 3.54. The molecule has 0 aliphatic heterocycles. The monoisotopic (exact) mass is 251 g/mol. The number of hydrogen-bond acceptors (Lipinski definition) is 1. The molecule has 0 fully saturated rings. The normalized spacial score (nSPS) is 12.7. The molecule has 1 unspecified atom stereocenters. The van der Waals surface area contributed by atoms with Crippen molar-refractivity contribution in [3.05, 3.63) is 35.1 Å². The summed E-state index contributed by atoms with van der Waals surface area (Å²) in [6.07, 6.45) is 6.04. The Morgan fingerprint density at radius 1 is 1.22 bits per heavy atom. The molecule has 0 amide bonds. The second-order valence-electron chi connectivity index (χ2n) is 5.03. The minimum absolute atomic E-state index is 0.137. The summed E-state index contributed by atoms with van der Waals surface area (Å²) < 4.78 is 13.1. The molecule has 1 N–H and O–H groups in total. The summed E-state index contributed by atoms with van der Waals surface area (Å²) in [6, 6.07) is 5.64. The van der Waals surface area contributed by atoms with Crippen LogP contribution in [-0.2, 0) is 6.42 Å². The Morgan fingerprint density at radius 2 is 2.00 bits per heavy atom. The summed E-state index contributed by atoms with van der Waals surface area (Å²) in [7, 11) is 0. The van der Waals surface area contributed by atoms with Crippen molar-refractivity contribution in [1.82, 2.24) is 5.32 Å². The van der Waals surface area contributed by atoms with E-state index in [-0.39, 0.29) is 5.82 Å². The molecule has 1 atom stereocenters. The first-order valence-corrected chi connectivity index (χ1v) is 7.15. The van der Waals surface area contributed by atoms with E-state index in [0.29, 0.717) is 6.04 Å². The second-order valence-corrected chi connectivity index (χ2v) is 5.03. The largest absolute Gasteiger partial charge is 0.314 e. The van der Waals surface area contributed by atoms with Crippen molar-refractivity contribution in [2.24, 2.45) is 0 Å². The molecule has 1 aromatic rings. The van der Waals surface area contributed by atoms with Crippen molar-refractivity contribution in [2.45, 2.75) is 58.9 Å². The Morgan fingerprint density at radius 3 is 2.61 bits per heavy atom. The van der Waals surface area contributed by atoms with E-state index in [9.17, 15) is 4.39 Å². The number of benzene rings is 1. The van der Waals surface area contributed by atoms with E-state index in [0.717, 1.165) is 18.5 Å². The molecule has 0 heterocycles. The van der Waals surface area contributed by atoms with E-state index in [4.69, 9.17) is 0 Å². The molecule has 0 radical (unpaired) electrons. The fourth-order valence-corrected chi connectivity index (χ4v) is 2.36. The maximum absolute atomic E-state index is 13.1. The Balaban J connectivity index is 2.58. The number of halogens is 1. The topological polar surface area (TPSA) is 12.0 Å². The van der Waals surface area contributed by atoms with E-state index in [1.807, 2.05) is 13.0 Å². The van der Waals surface area contributed by atoms with Gasteiger partial charge in [0.1, 0.15) is 5.82 Å². The van der Waals surface area contributed by atoms with Crippen molar-refractivity contribution in [3.63, 3.8) is 0 Å². The van der Waals surface area contributed by atoms with Gasteiger partial charge < -0.3 is 5.32 Å². The zero-order valence-electron chi connectivity index (χ0n) is 11.9. The SMILES string of the molecule is CCCCCC(Cc1ccc(F)cc1C)NCC. The average molecular weight is 251 g/mol. The molecule has 0 aromatic heterocycles. The quantitative estimate of drug-likeness (QED) is 0.682. The van der Waals surface area contributed by atoms with Crippen LogP contribution < -0.4 is 5.32 Å². The zero-order chi connectivity index (χ0) is 13.4. The van der Waals surface area contributed by atoms with Gasteiger partial charge in [0.15, 0.2) is 0 Å². The van der Waals surface area contributed by atoms with Crippen LogP contribution >= 0.6 is 0 Å². The maximum Gasteiger partial charge on any atom is 0.123 e. The van der Waals surface area contributed by atoms with Gasteiger partial charge in [0.25, 0.3) is 0 Å². The highest BCUT2D eigenvalue weighted by Gasteiger charge is 2.10. The van der Waals surface area contributed by atoms with Gasteiger partial charge in [0.05, 0.1) is 0 Å². The molecule has 0 saturated carbocycles. The van der Waals surface area contributed by atoms with Crippen molar-refractivity contribution in [3.8, 4) is 0 Å². The van der Waals surface area contributed by atoms with E-state index >= 15 is 0 Å². The van der Waals surface area contributed by atoms with Crippen molar-refractivity contribution in [2.75, 3.05) is 6.54 Å².